The highest BCUT2D eigenvalue weighted by molar-refractivity contribution is 7.86. The summed E-state index contributed by atoms with van der Waals surface area (Å²) in [5.74, 6) is -1.00. The molecule has 1 aliphatic heterocycles. The van der Waals surface area contributed by atoms with Crippen molar-refractivity contribution in [1.82, 2.24) is 16.0 Å². The average molecular weight is 520 g/mol. The van der Waals surface area contributed by atoms with Crippen molar-refractivity contribution in [3.05, 3.63) is 0 Å². The highest BCUT2D eigenvalue weighted by Crippen LogP contribution is 2.27. The summed E-state index contributed by atoms with van der Waals surface area (Å²) in [6, 6.07) is -2.48. The minimum absolute atomic E-state index is 0.00269. The second-order valence-corrected chi connectivity index (χ2v) is 11.7. The van der Waals surface area contributed by atoms with Crippen LogP contribution in [0, 0.1) is 17.8 Å². The molecule has 5 N–H and O–H groups in total. The first-order valence-corrected chi connectivity index (χ1v) is 14.1. The van der Waals surface area contributed by atoms with E-state index in [0.29, 0.717) is 18.9 Å². The topological polar surface area (TPSA) is 171 Å². The maximum Gasteiger partial charge on any atom is 0.407 e. The van der Waals surface area contributed by atoms with Crippen LogP contribution in [-0.2, 0) is 24.4 Å². The van der Waals surface area contributed by atoms with Crippen molar-refractivity contribution < 1.29 is 37.2 Å². The van der Waals surface area contributed by atoms with Crippen molar-refractivity contribution in [1.29, 1.82) is 0 Å². The summed E-state index contributed by atoms with van der Waals surface area (Å²) in [5, 5.41) is 17.7. The highest BCUT2D eigenvalue weighted by atomic mass is 32.2. The summed E-state index contributed by atoms with van der Waals surface area (Å²) in [4.78, 5) is 37.2. The number of hydrogen-bond acceptors (Lipinski definition) is 7. The van der Waals surface area contributed by atoms with Crippen LogP contribution in [0.5, 0.6) is 0 Å². The molecule has 1 saturated heterocycles. The zero-order valence-electron chi connectivity index (χ0n) is 20.7. The maximum absolute atomic E-state index is 13.0. The molecule has 12 heteroatoms. The third-order valence-electron chi connectivity index (χ3n) is 6.71. The summed E-state index contributed by atoms with van der Waals surface area (Å²) in [5.41, 5.74) is -2.31. The molecule has 2 unspecified atom stereocenters. The van der Waals surface area contributed by atoms with Gasteiger partial charge in [-0.1, -0.05) is 46.0 Å². The van der Waals surface area contributed by atoms with Gasteiger partial charge < -0.3 is 25.8 Å². The smallest absolute Gasteiger partial charge is 0.407 e. The number of aliphatic hydroxyl groups is 1. The van der Waals surface area contributed by atoms with Crippen LogP contribution in [-0.4, -0.2) is 66.7 Å². The Balaban J connectivity index is 1.94. The van der Waals surface area contributed by atoms with Gasteiger partial charge in [-0.2, -0.15) is 8.42 Å². The number of aliphatic hydroxyl groups excluding tert-OH is 1. The van der Waals surface area contributed by atoms with Crippen molar-refractivity contribution >= 4 is 28.0 Å². The molecule has 1 aliphatic carbocycles. The van der Waals surface area contributed by atoms with Crippen molar-refractivity contribution in [2.24, 2.45) is 17.8 Å². The number of rotatable bonds is 13. The predicted octanol–water partition coefficient (Wildman–Crippen LogP) is 1.71. The number of alkyl carbamates (subject to hydrolysis) is 1. The Hall–Kier alpha value is -1.92. The number of hydrogen-bond donors (Lipinski definition) is 5. The Labute approximate surface area is 207 Å². The Bertz CT molecular complexity index is 814. The fraction of sp³-hybridized carbons (Fsp3) is 0.870. The number of ether oxygens (including phenoxy) is 1. The molecular formula is C23H41N3O8S. The van der Waals surface area contributed by atoms with Crippen molar-refractivity contribution in [3.8, 4) is 0 Å². The van der Waals surface area contributed by atoms with Crippen molar-refractivity contribution in [2.45, 2.75) is 95.6 Å². The predicted molar refractivity (Wildman–Crippen MR) is 129 cm³/mol. The van der Waals surface area contributed by atoms with Gasteiger partial charge in [-0.15, -0.1) is 0 Å². The molecule has 1 heterocycles. The summed E-state index contributed by atoms with van der Waals surface area (Å²) in [7, 11) is -4.91. The van der Waals surface area contributed by atoms with E-state index < -0.39 is 45.6 Å². The molecule has 0 aromatic rings. The lowest BCUT2D eigenvalue weighted by Gasteiger charge is -2.27. The third kappa shape index (κ3) is 10.3. The molecule has 35 heavy (non-hydrogen) atoms. The average Bonchev–Trinajstić information content (AvgIpc) is 3.19. The second kappa shape index (κ2) is 14.0. The molecule has 0 bridgehead atoms. The van der Waals surface area contributed by atoms with Crippen LogP contribution in [0.3, 0.4) is 0 Å². The Morgan fingerprint density at radius 1 is 1.14 bits per heavy atom. The van der Waals surface area contributed by atoms with Gasteiger partial charge in [0.2, 0.25) is 17.3 Å². The standard InChI is InChI=1S/C23H41N3O8S/c1-15(2)13-18(26-23(30)34-12-6-9-16-7-4-3-5-8-16)21(28)25-19(22(29)35(31,32)33)14-17-10-11-24-20(17)27/h15-19,22,29H,3-14H2,1-2H3,(H,24,27)(H,25,28)(H,26,30)(H,31,32,33)/t17-,18?,19?,22-/m0/s1. The van der Waals surface area contributed by atoms with Gasteiger partial charge in [-0.3, -0.25) is 14.1 Å². The van der Waals surface area contributed by atoms with Gasteiger partial charge >= 0.3 is 6.09 Å². The largest absolute Gasteiger partial charge is 0.450 e. The van der Waals surface area contributed by atoms with Crippen LogP contribution in [0.2, 0.25) is 0 Å². The molecule has 0 spiro atoms. The van der Waals surface area contributed by atoms with Crippen LogP contribution in [0.15, 0.2) is 0 Å². The molecule has 11 nitrogen and oxygen atoms in total. The number of carbonyl (C=O) groups is 3. The van der Waals surface area contributed by atoms with E-state index in [1.807, 2.05) is 13.8 Å². The van der Waals surface area contributed by atoms with E-state index >= 15 is 0 Å². The summed E-state index contributed by atoms with van der Waals surface area (Å²) in [6.07, 6.45) is 7.64. The molecule has 1 saturated carbocycles. The molecule has 0 aromatic carbocycles. The number of carbonyl (C=O) groups excluding carboxylic acids is 3. The summed E-state index contributed by atoms with van der Waals surface area (Å²) < 4.78 is 37.7. The van der Waals surface area contributed by atoms with Gasteiger partial charge in [0.1, 0.15) is 6.04 Å². The van der Waals surface area contributed by atoms with E-state index in [1.54, 1.807) is 0 Å². The van der Waals surface area contributed by atoms with Gasteiger partial charge in [-0.25, -0.2) is 4.79 Å². The maximum atomic E-state index is 13.0. The fourth-order valence-electron chi connectivity index (χ4n) is 4.81. The summed E-state index contributed by atoms with van der Waals surface area (Å²) in [6.45, 7) is 4.34. The molecule has 202 valence electrons. The Morgan fingerprint density at radius 3 is 2.40 bits per heavy atom. The van der Waals surface area contributed by atoms with Crippen molar-refractivity contribution in [3.63, 3.8) is 0 Å². The molecule has 2 fully saturated rings. The van der Waals surface area contributed by atoms with E-state index in [2.05, 4.69) is 16.0 Å². The zero-order chi connectivity index (χ0) is 26.0. The van der Waals surface area contributed by atoms with Crippen LogP contribution in [0.25, 0.3) is 0 Å². The SMILES string of the molecule is CC(C)CC(NC(=O)OCCCC1CCCCC1)C(=O)NC(C[C@@H]1CCNC1=O)[C@@H](O)S(=O)(=O)O. The van der Waals surface area contributed by atoms with Gasteiger partial charge in [0, 0.05) is 12.5 Å². The lowest BCUT2D eigenvalue weighted by molar-refractivity contribution is -0.126. The molecule has 0 radical (unpaired) electrons. The van der Waals surface area contributed by atoms with Crippen molar-refractivity contribution in [2.75, 3.05) is 13.2 Å². The highest BCUT2D eigenvalue weighted by Gasteiger charge is 2.37. The number of nitrogens with one attached hydrogen (secondary N) is 3. The first-order chi connectivity index (χ1) is 16.5. The first-order valence-electron chi connectivity index (χ1n) is 12.6. The molecular weight excluding hydrogens is 478 g/mol. The molecule has 0 aromatic heterocycles. The fourth-order valence-corrected chi connectivity index (χ4v) is 5.41. The van der Waals surface area contributed by atoms with E-state index in [-0.39, 0.29) is 31.3 Å². The Morgan fingerprint density at radius 2 is 1.83 bits per heavy atom. The molecule has 3 amide bonds. The summed E-state index contributed by atoms with van der Waals surface area (Å²) >= 11 is 0. The number of amides is 3. The van der Waals surface area contributed by atoms with E-state index in [9.17, 15) is 32.5 Å². The lowest BCUT2D eigenvalue weighted by Crippen LogP contribution is -2.55. The van der Waals surface area contributed by atoms with Gasteiger partial charge in [-0.05, 0) is 43.9 Å². The zero-order valence-corrected chi connectivity index (χ0v) is 21.5. The van der Waals surface area contributed by atoms with Gasteiger partial charge in [0.05, 0.1) is 12.6 Å². The van der Waals surface area contributed by atoms with Gasteiger partial charge in [0.15, 0.2) is 0 Å². The van der Waals surface area contributed by atoms with Crippen LogP contribution < -0.4 is 16.0 Å². The minimum atomic E-state index is -4.91. The lowest BCUT2D eigenvalue weighted by atomic mass is 9.86. The normalized spacial score (nSPS) is 21.7. The van der Waals surface area contributed by atoms with Crippen LogP contribution in [0.1, 0.15) is 78.1 Å². The molecule has 4 atom stereocenters. The molecule has 2 aliphatic rings. The second-order valence-electron chi connectivity index (χ2n) is 10.1. The Kier molecular flexibility index (Phi) is 11.7. The van der Waals surface area contributed by atoms with Crippen LogP contribution >= 0.6 is 0 Å². The van der Waals surface area contributed by atoms with Crippen LogP contribution in [0.4, 0.5) is 4.79 Å². The van der Waals surface area contributed by atoms with E-state index in [0.717, 1.165) is 12.8 Å². The first kappa shape index (κ1) is 29.3. The minimum Gasteiger partial charge on any atom is -0.450 e. The monoisotopic (exact) mass is 519 g/mol. The van der Waals surface area contributed by atoms with Gasteiger partial charge in [0.25, 0.3) is 10.1 Å². The van der Waals surface area contributed by atoms with E-state index in [1.165, 1.54) is 32.1 Å². The molecule has 2 rings (SSSR count). The third-order valence-corrected chi connectivity index (χ3v) is 7.65. The van der Waals surface area contributed by atoms with E-state index in [4.69, 9.17) is 4.74 Å². The quantitative estimate of drug-likeness (QED) is 0.181.